The first kappa shape index (κ1) is 20.8. The second-order valence-electron chi connectivity index (χ2n) is 7.36. The fraction of sp³-hybridized carbons (Fsp3) is 0.0769. The van der Waals surface area contributed by atoms with Gasteiger partial charge < -0.3 is 10.2 Å². The summed E-state index contributed by atoms with van der Waals surface area (Å²) in [4.78, 5) is 23.3. The van der Waals surface area contributed by atoms with Crippen molar-refractivity contribution in [2.75, 3.05) is 10.2 Å². The molecule has 1 amide bonds. The number of pyridine rings is 1. The molecule has 0 saturated heterocycles. The Kier molecular flexibility index (Phi) is 5.91. The summed E-state index contributed by atoms with van der Waals surface area (Å²) in [5.74, 6) is 0.468. The number of carbonyl (C=O) groups is 1. The maximum Gasteiger partial charge on any atom is 0.257 e. The van der Waals surface area contributed by atoms with Crippen LogP contribution in [0.5, 0.6) is 0 Å². The third kappa shape index (κ3) is 4.47. The third-order valence-electron chi connectivity index (χ3n) is 5.09. The molecule has 0 fully saturated rings. The van der Waals surface area contributed by atoms with Crippen molar-refractivity contribution >= 4 is 23.6 Å². The van der Waals surface area contributed by atoms with Crippen LogP contribution in [0, 0.1) is 18.3 Å². The van der Waals surface area contributed by atoms with Crippen LogP contribution in [-0.2, 0) is 0 Å². The number of aromatic nitrogens is 1. The molecule has 1 aliphatic rings. The number of aryl methyl sites for hydroxylation is 1. The molecule has 3 aromatic rings. The monoisotopic (exact) mass is 419 g/mol. The number of hydrogen-bond acceptors (Lipinski definition) is 5. The summed E-state index contributed by atoms with van der Waals surface area (Å²) >= 11 is 0. The summed E-state index contributed by atoms with van der Waals surface area (Å²) in [6.07, 6.45) is 8.73. The zero-order chi connectivity index (χ0) is 22.5. The lowest BCUT2D eigenvalue weighted by Crippen LogP contribution is -2.16. The summed E-state index contributed by atoms with van der Waals surface area (Å²) in [5.41, 5.74) is 5.69. The number of nitrogens with zero attached hydrogens (tertiary/aromatic N) is 4. The topological polar surface area (TPSA) is 81.4 Å². The van der Waals surface area contributed by atoms with Gasteiger partial charge in [-0.15, -0.1) is 0 Å². The van der Waals surface area contributed by atoms with Gasteiger partial charge in [-0.3, -0.25) is 9.79 Å². The number of aliphatic imine (C=N–C) groups is 1. The van der Waals surface area contributed by atoms with Crippen molar-refractivity contribution in [1.29, 1.82) is 5.26 Å². The molecule has 1 N–H and O–H groups in total. The Bertz CT molecular complexity index is 1300. The molecule has 0 atom stereocenters. The Labute approximate surface area is 186 Å². The maximum absolute atomic E-state index is 12.8. The molecular formula is C26H21N5O. The minimum absolute atomic E-state index is 0.236. The lowest BCUT2D eigenvalue weighted by Gasteiger charge is -2.18. The van der Waals surface area contributed by atoms with Crippen molar-refractivity contribution in [3.05, 3.63) is 102 Å². The predicted molar refractivity (Wildman–Crippen MR) is 127 cm³/mol. The molecule has 0 spiro atoms. The van der Waals surface area contributed by atoms with E-state index in [4.69, 9.17) is 5.26 Å². The number of benzene rings is 2. The molecule has 156 valence electrons. The number of nitriles is 1. The Morgan fingerprint density at radius 1 is 1.09 bits per heavy atom. The molecule has 0 radical (unpaired) electrons. The first-order valence-electron chi connectivity index (χ1n) is 10.1. The van der Waals surface area contributed by atoms with Gasteiger partial charge in [0.05, 0.1) is 17.2 Å². The van der Waals surface area contributed by atoms with Gasteiger partial charge >= 0.3 is 0 Å². The number of amides is 1. The molecule has 0 bridgehead atoms. The van der Waals surface area contributed by atoms with Crippen LogP contribution < -0.4 is 10.2 Å². The average molecular weight is 419 g/mol. The lowest BCUT2D eigenvalue weighted by atomic mass is 9.98. The van der Waals surface area contributed by atoms with Crippen molar-refractivity contribution < 1.29 is 4.79 Å². The van der Waals surface area contributed by atoms with Crippen molar-refractivity contribution in [1.82, 2.24) is 4.98 Å². The van der Waals surface area contributed by atoms with Gasteiger partial charge in [-0.1, -0.05) is 18.2 Å². The minimum Gasteiger partial charge on any atom is -0.322 e. The molecule has 6 heteroatoms. The summed E-state index contributed by atoms with van der Waals surface area (Å²) in [6.45, 7) is 3.91. The van der Waals surface area contributed by atoms with Gasteiger partial charge in [0.1, 0.15) is 5.82 Å². The molecule has 0 unspecified atom stereocenters. The van der Waals surface area contributed by atoms with Gasteiger partial charge in [0.15, 0.2) is 0 Å². The largest absolute Gasteiger partial charge is 0.322 e. The Hall–Kier alpha value is -4.50. The zero-order valence-corrected chi connectivity index (χ0v) is 17.8. The summed E-state index contributed by atoms with van der Waals surface area (Å²) in [5, 5.41) is 12.0. The second-order valence-corrected chi connectivity index (χ2v) is 7.36. The van der Waals surface area contributed by atoms with Crippen LogP contribution >= 0.6 is 0 Å². The predicted octanol–water partition coefficient (Wildman–Crippen LogP) is 5.45. The van der Waals surface area contributed by atoms with E-state index >= 15 is 0 Å². The van der Waals surface area contributed by atoms with E-state index in [0.717, 1.165) is 22.4 Å². The third-order valence-corrected chi connectivity index (χ3v) is 5.09. The molecule has 0 aliphatic carbocycles. The van der Waals surface area contributed by atoms with E-state index in [0.29, 0.717) is 22.6 Å². The Balaban J connectivity index is 1.51. The summed E-state index contributed by atoms with van der Waals surface area (Å²) in [7, 11) is 0. The average Bonchev–Trinajstić information content (AvgIpc) is 3.03. The summed E-state index contributed by atoms with van der Waals surface area (Å²) < 4.78 is 0. The summed E-state index contributed by atoms with van der Waals surface area (Å²) in [6, 6.07) is 18.9. The quantitative estimate of drug-likeness (QED) is 0.610. The molecule has 32 heavy (non-hydrogen) atoms. The highest BCUT2D eigenvalue weighted by atomic mass is 16.1. The second kappa shape index (κ2) is 9.11. The van der Waals surface area contributed by atoms with E-state index < -0.39 is 0 Å². The Morgan fingerprint density at radius 2 is 1.97 bits per heavy atom. The van der Waals surface area contributed by atoms with E-state index in [1.807, 2.05) is 67.4 Å². The fourth-order valence-electron chi connectivity index (χ4n) is 3.45. The van der Waals surface area contributed by atoms with E-state index in [1.165, 1.54) is 0 Å². The van der Waals surface area contributed by atoms with Crippen molar-refractivity contribution in [2.45, 2.75) is 13.8 Å². The number of rotatable bonds is 4. The molecule has 4 rings (SSSR count). The van der Waals surface area contributed by atoms with Gasteiger partial charge in [0.25, 0.3) is 5.91 Å². The SMILES string of the molecule is CC1=CN=CC=CN1c1ccc(C(=O)Nc2cccc(-c3ccc(C#N)cc3C)c2)cn1. The van der Waals surface area contributed by atoms with Crippen LogP contribution in [0.25, 0.3) is 11.1 Å². The molecule has 0 saturated carbocycles. The fourth-order valence-corrected chi connectivity index (χ4v) is 3.45. The van der Waals surface area contributed by atoms with Crippen molar-refractivity contribution in [3.63, 3.8) is 0 Å². The van der Waals surface area contributed by atoms with E-state index in [9.17, 15) is 4.79 Å². The van der Waals surface area contributed by atoms with Crippen molar-refractivity contribution in [3.8, 4) is 17.2 Å². The normalized spacial score (nSPS) is 12.7. The van der Waals surface area contributed by atoms with Crippen LogP contribution in [0.2, 0.25) is 0 Å². The number of allylic oxidation sites excluding steroid dienone is 2. The van der Waals surface area contributed by atoms with Gasteiger partial charge in [-0.25, -0.2) is 4.98 Å². The van der Waals surface area contributed by atoms with Gasteiger partial charge in [0.2, 0.25) is 0 Å². The van der Waals surface area contributed by atoms with E-state index in [-0.39, 0.29) is 5.91 Å². The van der Waals surface area contributed by atoms with Crippen LogP contribution in [0.4, 0.5) is 11.5 Å². The van der Waals surface area contributed by atoms with Crippen LogP contribution in [-0.4, -0.2) is 17.1 Å². The molecule has 2 aromatic carbocycles. The van der Waals surface area contributed by atoms with Gasteiger partial charge in [-0.2, -0.15) is 5.26 Å². The van der Waals surface area contributed by atoms with Crippen LogP contribution in [0.3, 0.4) is 0 Å². The highest BCUT2D eigenvalue weighted by molar-refractivity contribution is 6.04. The smallest absolute Gasteiger partial charge is 0.257 e. The molecule has 6 nitrogen and oxygen atoms in total. The molecule has 2 heterocycles. The minimum atomic E-state index is -0.236. The number of hydrogen-bond donors (Lipinski definition) is 1. The molecule has 1 aromatic heterocycles. The standard InChI is InChI=1S/C26H21N5O/c1-18-13-20(15-27)7-9-24(18)21-5-3-6-23(14-21)30-26(32)22-8-10-25(29-17-22)31-12-4-11-28-16-19(31)2/h3-14,16-17H,1-2H3,(H,30,32). The first-order valence-corrected chi connectivity index (χ1v) is 10.1. The molecular weight excluding hydrogens is 398 g/mol. The lowest BCUT2D eigenvalue weighted by molar-refractivity contribution is 0.102. The maximum atomic E-state index is 12.8. The van der Waals surface area contributed by atoms with E-state index in [1.54, 1.807) is 36.8 Å². The van der Waals surface area contributed by atoms with Crippen LogP contribution in [0.1, 0.15) is 28.4 Å². The molecule has 1 aliphatic heterocycles. The number of nitrogens with one attached hydrogen (secondary N) is 1. The highest BCUT2D eigenvalue weighted by Gasteiger charge is 2.12. The number of carbonyl (C=O) groups excluding carboxylic acids is 1. The zero-order valence-electron chi connectivity index (χ0n) is 17.8. The first-order chi connectivity index (χ1) is 15.5. The van der Waals surface area contributed by atoms with Gasteiger partial charge in [-0.05, 0) is 73.0 Å². The van der Waals surface area contributed by atoms with Crippen molar-refractivity contribution in [2.24, 2.45) is 4.99 Å². The van der Waals surface area contributed by atoms with Crippen LogP contribution in [0.15, 0.2) is 90.0 Å². The number of anilines is 2. The van der Waals surface area contributed by atoms with Gasteiger partial charge in [0, 0.05) is 36.2 Å². The van der Waals surface area contributed by atoms with E-state index in [2.05, 4.69) is 21.4 Å². The Morgan fingerprint density at radius 3 is 2.72 bits per heavy atom. The highest BCUT2D eigenvalue weighted by Crippen LogP contribution is 2.27.